The first-order valence-corrected chi connectivity index (χ1v) is 9.07. The first-order valence-electron chi connectivity index (χ1n) is 9.07. The molecule has 2 aromatic carbocycles. The summed E-state index contributed by atoms with van der Waals surface area (Å²) in [5.41, 5.74) is 3.75. The average molecular weight is 347 g/mol. The molecule has 1 N–H and O–H groups in total. The van der Waals surface area contributed by atoms with Crippen LogP contribution in [0.4, 0.5) is 0 Å². The second-order valence-electron chi connectivity index (χ2n) is 6.92. The van der Waals surface area contributed by atoms with Gasteiger partial charge in [-0.1, -0.05) is 36.4 Å². The molecule has 1 heterocycles. The lowest BCUT2D eigenvalue weighted by atomic mass is 9.89. The molecule has 0 bridgehead atoms. The first-order chi connectivity index (χ1) is 12.6. The van der Waals surface area contributed by atoms with Gasteiger partial charge in [0.2, 0.25) is 0 Å². The van der Waals surface area contributed by atoms with E-state index in [1.807, 2.05) is 19.1 Å². The molecule has 0 aliphatic heterocycles. The van der Waals surface area contributed by atoms with Gasteiger partial charge in [0.25, 0.3) is 5.91 Å². The van der Waals surface area contributed by atoms with Gasteiger partial charge < -0.3 is 9.73 Å². The van der Waals surface area contributed by atoms with Crippen LogP contribution in [-0.2, 0) is 12.8 Å². The molecule has 0 saturated carbocycles. The summed E-state index contributed by atoms with van der Waals surface area (Å²) >= 11 is 0. The highest BCUT2D eigenvalue weighted by Gasteiger charge is 2.18. The minimum atomic E-state index is -0.612. The largest absolute Gasteiger partial charge is 0.422 e. The Hall–Kier alpha value is -2.88. The third-order valence-electron chi connectivity index (χ3n) is 5.11. The van der Waals surface area contributed by atoms with Crippen molar-refractivity contribution in [1.82, 2.24) is 5.32 Å². The van der Waals surface area contributed by atoms with Gasteiger partial charge in [-0.3, -0.25) is 4.79 Å². The summed E-state index contributed by atoms with van der Waals surface area (Å²) in [6, 6.07) is 15.0. The maximum Gasteiger partial charge on any atom is 0.349 e. The Morgan fingerprint density at radius 1 is 1.04 bits per heavy atom. The zero-order chi connectivity index (χ0) is 18.1. The van der Waals surface area contributed by atoms with E-state index in [0.29, 0.717) is 5.58 Å². The van der Waals surface area contributed by atoms with Crippen LogP contribution >= 0.6 is 0 Å². The van der Waals surface area contributed by atoms with Crippen LogP contribution in [0.15, 0.2) is 57.7 Å². The average Bonchev–Trinajstić information content (AvgIpc) is 2.66. The van der Waals surface area contributed by atoms with E-state index in [9.17, 15) is 9.59 Å². The number of para-hydroxylation sites is 1. The summed E-state index contributed by atoms with van der Waals surface area (Å²) in [6.45, 7) is 1.94. The summed E-state index contributed by atoms with van der Waals surface area (Å²) in [5.74, 6) is -0.408. The predicted molar refractivity (Wildman–Crippen MR) is 101 cm³/mol. The van der Waals surface area contributed by atoms with Crippen LogP contribution in [0.2, 0.25) is 0 Å². The molecule has 4 nitrogen and oxygen atoms in total. The van der Waals surface area contributed by atoms with E-state index in [1.165, 1.54) is 24.0 Å². The van der Waals surface area contributed by atoms with E-state index in [-0.39, 0.29) is 11.6 Å². The number of aryl methyl sites for hydroxylation is 2. The fraction of sp³-hybridized carbons (Fsp3) is 0.273. The fourth-order valence-corrected chi connectivity index (χ4v) is 3.60. The summed E-state index contributed by atoms with van der Waals surface area (Å²) in [7, 11) is 0. The molecule has 0 saturated heterocycles. The lowest BCUT2D eigenvalue weighted by molar-refractivity contribution is 0.0936. The second kappa shape index (κ2) is 6.79. The zero-order valence-corrected chi connectivity index (χ0v) is 14.7. The first kappa shape index (κ1) is 16.6. The van der Waals surface area contributed by atoms with Crippen LogP contribution in [0.3, 0.4) is 0 Å². The molecule has 3 aromatic rings. The SMILES string of the molecule is C[C@@H](NC(=O)c1cc2ccccc2oc1=O)c1ccc2c(c1)CCCC2. The van der Waals surface area contributed by atoms with Crippen molar-refractivity contribution in [2.75, 3.05) is 0 Å². The fourth-order valence-electron chi connectivity index (χ4n) is 3.60. The molecule has 132 valence electrons. The molecule has 0 unspecified atom stereocenters. The zero-order valence-electron chi connectivity index (χ0n) is 14.7. The summed E-state index contributed by atoms with van der Waals surface area (Å²) < 4.78 is 5.26. The Kier molecular flexibility index (Phi) is 4.33. The van der Waals surface area contributed by atoms with Gasteiger partial charge in [0, 0.05) is 5.39 Å². The third kappa shape index (κ3) is 3.15. The maximum absolute atomic E-state index is 12.6. The molecule has 0 spiro atoms. The Bertz CT molecular complexity index is 1030. The maximum atomic E-state index is 12.6. The Morgan fingerprint density at radius 3 is 2.65 bits per heavy atom. The van der Waals surface area contributed by atoms with E-state index in [1.54, 1.807) is 18.2 Å². The molecule has 0 fully saturated rings. The number of fused-ring (bicyclic) bond motifs is 2. The number of benzene rings is 2. The molecule has 1 atom stereocenters. The van der Waals surface area contributed by atoms with Crippen molar-refractivity contribution in [2.45, 2.75) is 38.6 Å². The van der Waals surface area contributed by atoms with Gasteiger partial charge in [0.15, 0.2) is 0 Å². The highest BCUT2D eigenvalue weighted by atomic mass is 16.4. The van der Waals surface area contributed by atoms with Crippen molar-refractivity contribution >= 4 is 16.9 Å². The molecule has 4 heteroatoms. The lowest BCUT2D eigenvalue weighted by Gasteiger charge is -2.20. The molecule has 1 aliphatic rings. The van der Waals surface area contributed by atoms with Crippen LogP contribution in [-0.4, -0.2) is 5.91 Å². The van der Waals surface area contributed by atoms with Crippen molar-refractivity contribution in [3.8, 4) is 0 Å². The molecule has 0 radical (unpaired) electrons. The van der Waals surface area contributed by atoms with Crippen molar-refractivity contribution in [3.05, 3.63) is 81.2 Å². The monoisotopic (exact) mass is 347 g/mol. The van der Waals surface area contributed by atoms with E-state index in [0.717, 1.165) is 23.8 Å². The summed E-state index contributed by atoms with van der Waals surface area (Å²) in [5, 5.41) is 3.66. The molecule has 4 rings (SSSR count). The second-order valence-corrected chi connectivity index (χ2v) is 6.92. The highest BCUT2D eigenvalue weighted by molar-refractivity contribution is 5.96. The minimum absolute atomic E-state index is 0.0357. The predicted octanol–water partition coefficient (Wildman–Crippen LogP) is 4.16. The van der Waals surface area contributed by atoms with Crippen LogP contribution in [0.1, 0.15) is 52.9 Å². The van der Waals surface area contributed by atoms with Gasteiger partial charge in [0.05, 0.1) is 6.04 Å². The third-order valence-corrected chi connectivity index (χ3v) is 5.11. The van der Waals surface area contributed by atoms with Gasteiger partial charge in [-0.2, -0.15) is 0 Å². The number of hydrogen-bond acceptors (Lipinski definition) is 3. The quantitative estimate of drug-likeness (QED) is 0.724. The summed E-state index contributed by atoms with van der Waals surface area (Å²) in [4.78, 5) is 24.8. The normalized spacial score (nSPS) is 14.7. The van der Waals surface area contributed by atoms with Crippen LogP contribution in [0.5, 0.6) is 0 Å². The Labute approximate surface area is 151 Å². The van der Waals surface area contributed by atoms with Gasteiger partial charge in [0.1, 0.15) is 11.1 Å². The topological polar surface area (TPSA) is 59.3 Å². The van der Waals surface area contributed by atoms with Crippen molar-refractivity contribution in [2.24, 2.45) is 0 Å². The van der Waals surface area contributed by atoms with Crippen LogP contribution < -0.4 is 10.9 Å². The molecule has 1 aromatic heterocycles. The molecular weight excluding hydrogens is 326 g/mol. The molecule has 26 heavy (non-hydrogen) atoms. The number of rotatable bonds is 3. The van der Waals surface area contributed by atoms with E-state index >= 15 is 0 Å². The highest BCUT2D eigenvalue weighted by Crippen LogP contribution is 2.25. The van der Waals surface area contributed by atoms with Gasteiger partial charge >= 0.3 is 5.63 Å². The van der Waals surface area contributed by atoms with Gasteiger partial charge in [-0.05, 0) is 61.4 Å². The van der Waals surface area contributed by atoms with Crippen LogP contribution in [0.25, 0.3) is 11.0 Å². The number of hydrogen-bond donors (Lipinski definition) is 1. The van der Waals surface area contributed by atoms with Gasteiger partial charge in [-0.25, -0.2) is 4.79 Å². The van der Waals surface area contributed by atoms with Crippen molar-refractivity contribution in [1.29, 1.82) is 0 Å². The minimum Gasteiger partial charge on any atom is -0.422 e. The number of amides is 1. The smallest absolute Gasteiger partial charge is 0.349 e. The van der Waals surface area contributed by atoms with Crippen LogP contribution in [0, 0.1) is 0 Å². The Balaban J connectivity index is 1.58. The van der Waals surface area contributed by atoms with Crippen molar-refractivity contribution < 1.29 is 9.21 Å². The number of carbonyl (C=O) groups is 1. The van der Waals surface area contributed by atoms with E-state index < -0.39 is 11.5 Å². The molecule has 1 amide bonds. The van der Waals surface area contributed by atoms with E-state index in [2.05, 4.69) is 23.5 Å². The van der Waals surface area contributed by atoms with Crippen molar-refractivity contribution in [3.63, 3.8) is 0 Å². The standard InChI is InChI=1S/C22H21NO3/c1-14(16-11-10-15-6-2-3-7-17(15)12-16)23-21(24)19-13-18-8-4-5-9-20(18)26-22(19)25/h4-5,8-14H,2-3,6-7H2,1H3,(H,23,24)/t14-/m1/s1. The number of nitrogens with one attached hydrogen (secondary N) is 1. The molecule has 1 aliphatic carbocycles. The number of carbonyl (C=O) groups excluding carboxylic acids is 1. The molecular formula is C22H21NO3. The lowest BCUT2D eigenvalue weighted by Crippen LogP contribution is -2.30. The van der Waals surface area contributed by atoms with E-state index in [4.69, 9.17) is 4.42 Å². The van der Waals surface area contributed by atoms with Gasteiger partial charge in [-0.15, -0.1) is 0 Å². The summed E-state index contributed by atoms with van der Waals surface area (Å²) in [6.07, 6.45) is 4.69. The Morgan fingerprint density at radius 2 is 1.81 bits per heavy atom.